The van der Waals surface area contributed by atoms with Crippen LogP contribution in [0.2, 0.25) is 10.0 Å². The number of anilines is 1. The highest BCUT2D eigenvalue weighted by atomic mass is 35.5. The molecule has 2 rings (SSSR count). The van der Waals surface area contributed by atoms with Crippen molar-refractivity contribution in [1.82, 2.24) is 10.2 Å². The molecule has 1 atom stereocenters. The number of nitrogens with zero attached hydrogens (tertiary/aromatic N) is 2. The number of sulfonamides is 1. The number of hydrogen-bond donors (Lipinski definition) is 1. The Morgan fingerprint density at radius 1 is 1.03 bits per heavy atom. The predicted molar refractivity (Wildman–Crippen MR) is 142 cm³/mol. The molecule has 0 saturated carbocycles. The summed E-state index contributed by atoms with van der Waals surface area (Å²) in [6, 6.07) is 11.2. The van der Waals surface area contributed by atoms with Crippen LogP contribution in [0, 0.1) is 0 Å². The van der Waals surface area contributed by atoms with Gasteiger partial charge in [-0.15, -0.1) is 0 Å². The van der Waals surface area contributed by atoms with E-state index in [1.54, 1.807) is 44.2 Å². The Kier molecular flexibility index (Phi) is 10.4. The maximum atomic E-state index is 13.6. The van der Waals surface area contributed by atoms with Crippen molar-refractivity contribution in [2.75, 3.05) is 23.7 Å². The summed E-state index contributed by atoms with van der Waals surface area (Å²) in [5.41, 5.74) is 2.02. The zero-order valence-electron chi connectivity index (χ0n) is 20.7. The van der Waals surface area contributed by atoms with E-state index in [1.165, 1.54) is 4.90 Å². The second-order valence-corrected chi connectivity index (χ2v) is 11.3. The van der Waals surface area contributed by atoms with Gasteiger partial charge in [0.1, 0.15) is 12.6 Å². The van der Waals surface area contributed by atoms with E-state index < -0.39 is 28.5 Å². The summed E-state index contributed by atoms with van der Waals surface area (Å²) >= 11 is 12.4. The van der Waals surface area contributed by atoms with Crippen LogP contribution in [0.5, 0.6) is 0 Å². The van der Waals surface area contributed by atoms with Crippen LogP contribution in [-0.2, 0) is 26.2 Å². The average molecular weight is 543 g/mol. The van der Waals surface area contributed by atoms with Crippen molar-refractivity contribution < 1.29 is 18.0 Å². The first-order chi connectivity index (χ1) is 16.4. The normalized spacial score (nSPS) is 12.3. The van der Waals surface area contributed by atoms with Gasteiger partial charge in [0.15, 0.2) is 0 Å². The molecule has 0 aliphatic carbocycles. The Morgan fingerprint density at radius 2 is 1.66 bits per heavy atom. The fourth-order valence-corrected chi connectivity index (χ4v) is 5.00. The van der Waals surface area contributed by atoms with Gasteiger partial charge in [-0.1, -0.05) is 62.2 Å². The largest absolute Gasteiger partial charge is 0.355 e. The summed E-state index contributed by atoms with van der Waals surface area (Å²) in [5, 5.41) is 3.55. The van der Waals surface area contributed by atoms with Gasteiger partial charge in [0.2, 0.25) is 21.8 Å². The van der Waals surface area contributed by atoms with Crippen LogP contribution in [-0.4, -0.2) is 50.5 Å². The number of nitrogens with one attached hydrogen (secondary N) is 1. The first-order valence-corrected chi connectivity index (χ1v) is 14.1. The van der Waals surface area contributed by atoms with E-state index in [4.69, 9.17) is 23.2 Å². The van der Waals surface area contributed by atoms with Crippen molar-refractivity contribution in [3.63, 3.8) is 0 Å². The summed E-state index contributed by atoms with van der Waals surface area (Å²) in [6.45, 7) is 7.63. The molecule has 0 aliphatic rings. The van der Waals surface area contributed by atoms with Gasteiger partial charge in [-0.3, -0.25) is 13.9 Å². The average Bonchev–Trinajstić information content (AvgIpc) is 2.78. The Labute approximate surface area is 218 Å². The molecule has 0 saturated heterocycles. The minimum atomic E-state index is -3.79. The fraction of sp³-hybridized carbons (Fsp3) is 0.440. The zero-order valence-corrected chi connectivity index (χ0v) is 23.0. The molecule has 192 valence electrons. The molecule has 10 heteroatoms. The second-order valence-electron chi connectivity index (χ2n) is 8.59. The molecule has 7 nitrogen and oxygen atoms in total. The standard InChI is InChI=1S/C25H33Cl2N3O4S/c1-6-23(25(32)28-7-2)29(15-19-8-11-20(26)14-22(19)27)24(31)16-30(35(5,33)34)21-12-9-18(10-13-21)17(3)4/h8-14,17,23H,6-7,15-16H2,1-5H3,(H,28,32)/t23-/m1/s1. The van der Waals surface area contributed by atoms with Crippen LogP contribution in [0.25, 0.3) is 0 Å². The number of benzene rings is 2. The molecular formula is C25H33Cl2N3O4S. The molecule has 2 amide bonds. The van der Waals surface area contributed by atoms with Crippen molar-refractivity contribution in [2.24, 2.45) is 0 Å². The van der Waals surface area contributed by atoms with Crippen LogP contribution in [0.4, 0.5) is 5.69 Å². The molecule has 0 fully saturated rings. The molecule has 0 bridgehead atoms. The quantitative estimate of drug-likeness (QED) is 0.441. The van der Waals surface area contributed by atoms with Gasteiger partial charge >= 0.3 is 0 Å². The summed E-state index contributed by atoms with van der Waals surface area (Å²) in [7, 11) is -3.79. The molecule has 0 spiro atoms. The zero-order chi connectivity index (χ0) is 26.3. The van der Waals surface area contributed by atoms with Gasteiger partial charge in [0.25, 0.3) is 0 Å². The summed E-state index contributed by atoms with van der Waals surface area (Å²) < 4.78 is 26.4. The number of carbonyl (C=O) groups excluding carboxylic acids is 2. The monoisotopic (exact) mass is 541 g/mol. The van der Waals surface area contributed by atoms with E-state index in [-0.39, 0.29) is 18.4 Å². The SMILES string of the molecule is CCNC(=O)[C@@H](CC)N(Cc1ccc(Cl)cc1Cl)C(=O)CN(c1ccc(C(C)C)cc1)S(C)(=O)=O. The van der Waals surface area contributed by atoms with E-state index in [0.717, 1.165) is 16.1 Å². The van der Waals surface area contributed by atoms with Gasteiger partial charge in [-0.2, -0.15) is 0 Å². The van der Waals surface area contributed by atoms with Gasteiger partial charge in [-0.25, -0.2) is 8.42 Å². The molecule has 2 aromatic rings. The summed E-state index contributed by atoms with van der Waals surface area (Å²) in [4.78, 5) is 27.8. The molecule has 1 N–H and O–H groups in total. The molecular weight excluding hydrogens is 509 g/mol. The highest BCUT2D eigenvalue weighted by Gasteiger charge is 2.32. The first-order valence-electron chi connectivity index (χ1n) is 11.5. The van der Waals surface area contributed by atoms with Crippen LogP contribution < -0.4 is 9.62 Å². The molecule has 35 heavy (non-hydrogen) atoms. The molecule has 0 heterocycles. The Balaban J connectivity index is 2.46. The van der Waals surface area contributed by atoms with Crippen molar-refractivity contribution in [1.29, 1.82) is 0 Å². The molecule has 2 aromatic carbocycles. The number of rotatable bonds is 11. The van der Waals surface area contributed by atoms with E-state index in [2.05, 4.69) is 5.32 Å². The van der Waals surface area contributed by atoms with Gasteiger partial charge in [-0.05, 0) is 54.7 Å². The first kappa shape index (κ1) is 28.9. The minimum absolute atomic E-state index is 0.0222. The highest BCUT2D eigenvalue weighted by Crippen LogP contribution is 2.25. The third kappa shape index (κ3) is 7.85. The number of hydrogen-bond acceptors (Lipinski definition) is 4. The maximum Gasteiger partial charge on any atom is 0.244 e. The fourth-order valence-electron chi connectivity index (χ4n) is 3.68. The number of amides is 2. The Morgan fingerprint density at radius 3 is 2.14 bits per heavy atom. The van der Waals surface area contributed by atoms with Crippen molar-refractivity contribution in [3.8, 4) is 0 Å². The topological polar surface area (TPSA) is 86.8 Å². The summed E-state index contributed by atoms with van der Waals surface area (Å²) in [5.74, 6) is -0.563. The third-order valence-corrected chi connectivity index (χ3v) is 7.35. The molecule has 0 aliphatic heterocycles. The predicted octanol–water partition coefficient (Wildman–Crippen LogP) is 4.83. The van der Waals surface area contributed by atoms with Crippen LogP contribution in [0.1, 0.15) is 51.2 Å². The molecule has 0 aromatic heterocycles. The lowest BCUT2D eigenvalue weighted by Crippen LogP contribution is -2.52. The van der Waals surface area contributed by atoms with Gasteiger partial charge < -0.3 is 10.2 Å². The molecule has 0 radical (unpaired) electrons. The van der Waals surface area contributed by atoms with Crippen LogP contribution >= 0.6 is 23.2 Å². The second kappa shape index (κ2) is 12.6. The summed E-state index contributed by atoms with van der Waals surface area (Å²) in [6.07, 6.45) is 1.39. The van der Waals surface area contributed by atoms with Crippen LogP contribution in [0.15, 0.2) is 42.5 Å². The number of carbonyl (C=O) groups is 2. The Bertz CT molecular complexity index is 1140. The van der Waals surface area contributed by atoms with Crippen LogP contribution in [0.3, 0.4) is 0 Å². The number of halogens is 2. The minimum Gasteiger partial charge on any atom is -0.355 e. The maximum absolute atomic E-state index is 13.6. The van der Waals surface area contributed by atoms with E-state index in [1.807, 2.05) is 26.0 Å². The van der Waals surface area contributed by atoms with Crippen molar-refractivity contribution >= 4 is 50.7 Å². The lowest BCUT2D eigenvalue weighted by Gasteiger charge is -2.33. The van der Waals surface area contributed by atoms with Crippen molar-refractivity contribution in [2.45, 2.75) is 52.6 Å². The smallest absolute Gasteiger partial charge is 0.244 e. The highest BCUT2D eigenvalue weighted by molar-refractivity contribution is 7.92. The van der Waals surface area contributed by atoms with Gasteiger partial charge in [0, 0.05) is 23.1 Å². The molecule has 0 unspecified atom stereocenters. The lowest BCUT2D eigenvalue weighted by atomic mass is 10.0. The lowest BCUT2D eigenvalue weighted by molar-refractivity contribution is -0.140. The van der Waals surface area contributed by atoms with Crippen molar-refractivity contribution in [3.05, 3.63) is 63.6 Å². The van der Waals surface area contributed by atoms with E-state index in [0.29, 0.717) is 34.3 Å². The van der Waals surface area contributed by atoms with Gasteiger partial charge in [0.05, 0.1) is 11.9 Å². The van der Waals surface area contributed by atoms with E-state index in [9.17, 15) is 18.0 Å². The third-order valence-electron chi connectivity index (χ3n) is 5.62. The van der Waals surface area contributed by atoms with E-state index >= 15 is 0 Å². The number of likely N-dealkylation sites (N-methyl/N-ethyl adjacent to an activating group) is 1. The Hall–Kier alpha value is -2.29.